The van der Waals surface area contributed by atoms with Crippen LogP contribution in [0.3, 0.4) is 0 Å². The molecule has 0 aliphatic carbocycles. The predicted molar refractivity (Wildman–Crippen MR) is 99.8 cm³/mol. The first-order chi connectivity index (χ1) is 12.1. The molecule has 130 valence electrons. The minimum Gasteiger partial charge on any atom is -0.309 e. The van der Waals surface area contributed by atoms with Gasteiger partial charge in [-0.25, -0.2) is 4.98 Å². The van der Waals surface area contributed by atoms with Crippen LogP contribution in [0.4, 0.5) is 5.82 Å². The summed E-state index contributed by atoms with van der Waals surface area (Å²) in [5.74, 6) is 0.568. The Morgan fingerprint density at radius 1 is 1.28 bits per heavy atom. The summed E-state index contributed by atoms with van der Waals surface area (Å²) in [6.07, 6.45) is 0.926. The molecule has 1 N–H and O–H groups in total. The Hall–Kier alpha value is -2.25. The lowest BCUT2D eigenvalue weighted by molar-refractivity contribution is -0.114. The van der Waals surface area contributed by atoms with Crippen LogP contribution in [-0.2, 0) is 17.8 Å². The highest BCUT2D eigenvalue weighted by atomic mass is 32.1. The number of aromatic nitrogens is 3. The van der Waals surface area contributed by atoms with E-state index in [1.165, 1.54) is 22.9 Å². The fourth-order valence-electron chi connectivity index (χ4n) is 3.42. The van der Waals surface area contributed by atoms with Gasteiger partial charge in [0.15, 0.2) is 5.82 Å². The van der Waals surface area contributed by atoms with Crippen molar-refractivity contribution in [3.05, 3.63) is 41.0 Å². The van der Waals surface area contributed by atoms with Crippen molar-refractivity contribution in [1.29, 1.82) is 0 Å². The topological polar surface area (TPSA) is 63.1 Å². The highest BCUT2D eigenvalue weighted by Crippen LogP contribution is 2.27. The summed E-state index contributed by atoms with van der Waals surface area (Å²) in [6, 6.07) is 8.90. The van der Waals surface area contributed by atoms with Crippen LogP contribution < -0.4 is 5.32 Å². The molecule has 1 amide bonds. The summed E-state index contributed by atoms with van der Waals surface area (Å²) < 4.78 is 3.25. The summed E-state index contributed by atoms with van der Waals surface area (Å²) >= 11 is 1.68. The summed E-state index contributed by atoms with van der Waals surface area (Å²) in [7, 11) is 0. The third kappa shape index (κ3) is 3.29. The Balaban J connectivity index is 1.49. The number of fused-ring (bicyclic) bond motifs is 2. The van der Waals surface area contributed by atoms with Crippen molar-refractivity contribution < 1.29 is 4.79 Å². The monoisotopic (exact) mass is 355 g/mol. The zero-order chi connectivity index (χ0) is 17.4. The smallest absolute Gasteiger partial charge is 0.222 e. The molecule has 2 aromatic heterocycles. The molecule has 3 aromatic rings. The van der Waals surface area contributed by atoms with Gasteiger partial charge in [-0.3, -0.25) is 14.4 Å². The molecule has 0 saturated heterocycles. The maximum absolute atomic E-state index is 11.2. The SMILES string of the molecule is CC(=O)Nc1cc2n(n1)CCN(C(C)c1ccc3scnc3c1)CC2. The van der Waals surface area contributed by atoms with Crippen molar-refractivity contribution >= 4 is 33.3 Å². The molecular formula is C18H21N5OS. The Bertz CT molecular complexity index is 890. The van der Waals surface area contributed by atoms with E-state index in [2.05, 4.69) is 45.4 Å². The number of carbonyl (C=O) groups is 1. The van der Waals surface area contributed by atoms with E-state index >= 15 is 0 Å². The Kier molecular flexibility index (Phi) is 4.27. The molecule has 0 spiro atoms. The van der Waals surface area contributed by atoms with E-state index in [9.17, 15) is 4.79 Å². The lowest BCUT2D eigenvalue weighted by atomic mass is 10.1. The van der Waals surface area contributed by atoms with Gasteiger partial charge in [0.2, 0.25) is 5.91 Å². The molecule has 1 atom stereocenters. The molecule has 0 radical (unpaired) electrons. The van der Waals surface area contributed by atoms with E-state index < -0.39 is 0 Å². The number of rotatable bonds is 3. The maximum atomic E-state index is 11.2. The van der Waals surface area contributed by atoms with Gasteiger partial charge >= 0.3 is 0 Å². The van der Waals surface area contributed by atoms with Gasteiger partial charge in [-0.15, -0.1) is 11.3 Å². The number of nitrogens with one attached hydrogen (secondary N) is 1. The van der Waals surface area contributed by atoms with Crippen molar-refractivity contribution in [2.45, 2.75) is 32.9 Å². The average Bonchev–Trinajstić information content (AvgIpc) is 3.15. The summed E-state index contributed by atoms with van der Waals surface area (Å²) in [4.78, 5) is 18.1. The van der Waals surface area contributed by atoms with Gasteiger partial charge in [-0.1, -0.05) is 6.07 Å². The summed E-state index contributed by atoms with van der Waals surface area (Å²) in [5.41, 5.74) is 5.46. The number of carbonyl (C=O) groups excluding carboxylic acids is 1. The van der Waals surface area contributed by atoms with Crippen molar-refractivity contribution in [3.63, 3.8) is 0 Å². The van der Waals surface area contributed by atoms with Crippen molar-refractivity contribution in [2.75, 3.05) is 18.4 Å². The molecule has 1 aliphatic rings. The van der Waals surface area contributed by atoms with Crippen molar-refractivity contribution in [2.24, 2.45) is 0 Å². The lowest BCUT2D eigenvalue weighted by Crippen LogP contribution is -2.30. The number of benzene rings is 1. The van der Waals surface area contributed by atoms with E-state index in [-0.39, 0.29) is 5.91 Å². The second-order valence-corrected chi connectivity index (χ2v) is 7.35. The van der Waals surface area contributed by atoms with Gasteiger partial charge in [-0.2, -0.15) is 5.10 Å². The minimum atomic E-state index is -0.0825. The van der Waals surface area contributed by atoms with E-state index in [1.807, 2.05) is 16.3 Å². The predicted octanol–water partition coefficient (Wildman–Crippen LogP) is 3.07. The number of amides is 1. The average molecular weight is 355 g/mol. The van der Waals surface area contributed by atoms with Crippen LogP contribution in [0, 0.1) is 0 Å². The molecule has 0 saturated carbocycles. The van der Waals surface area contributed by atoms with Gasteiger partial charge in [0, 0.05) is 44.2 Å². The first-order valence-corrected chi connectivity index (χ1v) is 9.39. The number of hydrogen-bond acceptors (Lipinski definition) is 5. The van der Waals surface area contributed by atoms with Gasteiger partial charge < -0.3 is 5.32 Å². The standard InChI is InChI=1S/C18H21N5OS/c1-12(14-3-4-17-16(9-14)19-11-25-17)22-6-5-15-10-18(20-13(2)24)21-23(15)8-7-22/h3-4,9-12H,5-8H2,1-2H3,(H,20,21,24). The highest BCUT2D eigenvalue weighted by molar-refractivity contribution is 7.16. The zero-order valence-corrected chi connectivity index (χ0v) is 15.2. The fourth-order valence-corrected chi connectivity index (χ4v) is 4.08. The highest BCUT2D eigenvalue weighted by Gasteiger charge is 2.21. The molecule has 7 heteroatoms. The van der Waals surface area contributed by atoms with Crippen LogP contribution in [0.1, 0.15) is 31.1 Å². The quantitative estimate of drug-likeness (QED) is 0.784. The van der Waals surface area contributed by atoms with Gasteiger partial charge in [0.1, 0.15) is 0 Å². The maximum Gasteiger partial charge on any atom is 0.222 e. The molecule has 1 aromatic carbocycles. The molecule has 3 heterocycles. The zero-order valence-electron chi connectivity index (χ0n) is 14.4. The largest absolute Gasteiger partial charge is 0.309 e. The molecule has 0 bridgehead atoms. The molecule has 4 rings (SSSR count). The fraction of sp³-hybridized carbons (Fsp3) is 0.389. The second-order valence-electron chi connectivity index (χ2n) is 6.47. The normalized spacial score (nSPS) is 16.4. The van der Waals surface area contributed by atoms with Crippen molar-refractivity contribution in [3.8, 4) is 0 Å². The third-order valence-corrected chi connectivity index (χ3v) is 5.62. The van der Waals surface area contributed by atoms with Crippen LogP contribution in [0.15, 0.2) is 29.8 Å². The van der Waals surface area contributed by atoms with E-state index in [1.54, 1.807) is 11.3 Å². The molecule has 6 nitrogen and oxygen atoms in total. The van der Waals surface area contributed by atoms with Crippen LogP contribution in [0.2, 0.25) is 0 Å². The van der Waals surface area contributed by atoms with Crippen LogP contribution in [0.5, 0.6) is 0 Å². The summed E-state index contributed by atoms with van der Waals surface area (Å²) in [5, 5.41) is 7.27. The third-order valence-electron chi connectivity index (χ3n) is 4.81. The molecule has 1 aliphatic heterocycles. The number of hydrogen-bond donors (Lipinski definition) is 1. The Morgan fingerprint density at radius 2 is 2.16 bits per heavy atom. The summed E-state index contributed by atoms with van der Waals surface area (Å²) in [6.45, 7) is 6.50. The van der Waals surface area contributed by atoms with E-state index in [0.29, 0.717) is 11.9 Å². The lowest BCUT2D eigenvalue weighted by Gasteiger charge is -2.27. The first-order valence-electron chi connectivity index (χ1n) is 8.51. The molecular weight excluding hydrogens is 334 g/mol. The van der Waals surface area contributed by atoms with Gasteiger partial charge in [-0.05, 0) is 24.6 Å². The van der Waals surface area contributed by atoms with Crippen molar-refractivity contribution in [1.82, 2.24) is 19.7 Å². The minimum absolute atomic E-state index is 0.0825. The number of nitrogens with zero attached hydrogens (tertiary/aromatic N) is 4. The van der Waals surface area contributed by atoms with E-state index in [4.69, 9.17) is 0 Å². The number of thiazole rings is 1. The second kappa shape index (κ2) is 6.57. The Morgan fingerprint density at radius 3 is 3.00 bits per heavy atom. The van der Waals surface area contributed by atoms with Crippen LogP contribution in [0.25, 0.3) is 10.2 Å². The van der Waals surface area contributed by atoms with Gasteiger partial charge in [0.05, 0.1) is 22.3 Å². The van der Waals surface area contributed by atoms with Gasteiger partial charge in [0.25, 0.3) is 0 Å². The first kappa shape index (κ1) is 16.2. The molecule has 25 heavy (non-hydrogen) atoms. The number of anilines is 1. The molecule has 0 fully saturated rings. The van der Waals surface area contributed by atoms with E-state index in [0.717, 1.165) is 31.6 Å². The van der Waals surface area contributed by atoms with Crippen LogP contribution >= 0.6 is 11.3 Å². The Labute approximate surface area is 150 Å². The molecule has 1 unspecified atom stereocenters. The van der Waals surface area contributed by atoms with Crippen LogP contribution in [-0.4, -0.2) is 38.7 Å².